The average molecular weight is 636 g/mol. The van der Waals surface area contributed by atoms with Crippen LogP contribution in [0.4, 0.5) is 0 Å². The minimum Gasteiger partial charge on any atom is -0.381 e. The molecule has 0 spiro atoms. The molecule has 2 aromatic carbocycles. The molecular weight excluding hydrogens is 600 g/mol. The van der Waals surface area contributed by atoms with E-state index in [0.717, 1.165) is 78.0 Å². The van der Waals surface area contributed by atoms with Crippen LogP contribution in [0.2, 0.25) is 0 Å². The zero-order chi connectivity index (χ0) is 28.2. The van der Waals surface area contributed by atoms with Gasteiger partial charge in [-0.2, -0.15) is 0 Å². The third-order valence-corrected chi connectivity index (χ3v) is 10.9. The van der Waals surface area contributed by atoms with Gasteiger partial charge in [-0.05, 0) is 101 Å². The summed E-state index contributed by atoms with van der Waals surface area (Å²) in [6, 6.07) is 26.1. The van der Waals surface area contributed by atoms with Crippen molar-refractivity contribution in [2.75, 3.05) is 13.2 Å². The molecule has 0 amide bonds. The molecule has 1 aliphatic heterocycles. The first kappa shape index (κ1) is 28.3. The van der Waals surface area contributed by atoms with Crippen LogP contribution in [-0.4, -0.2) is 36.4 Å². The smallest absolute Gasteiger partial charge is 0.181 e. The Morgan fingerprint density at radius 3 is 2.37 bits per heavy atom. The van der Waals surface area contributed by atoms with Crippen LogP contribution in [0.25, 0.3) is 11.4 Å². The monoisotopic (exact) mass is 634 g/mol. The quantitative estimate of drug-likeness (QED) is 0.172. The van der Waals surface area contributed by atoms with Gasteiger partial charge in [-0.15, -0.1) is 0 Å². The molecule has 3 heterocycles. The summed E-state index contributed by atoms with van der Waals surface area (Å²) in [4.78, 5) is 5.12. The fourth-order valence-corrected chi connectivity index (χ4v) is 7.61. The van der Waals surface area contributed by atoms with Crippen molar-refractivity contribution in [3.8, 4) is 11.4 Å². The fraction of sp³-hybridized carbons (Fsp3) is 0.364. The number of ether oxygens (including phenoxy) is 2. The van der Waals surface area contributed by atoms with Gasteiger partial charge >= 0.3 is 0 Å². The number of aromatic nitrogens is 2. The molecule has 8 heteroatoms. The van der Waals surface area contributed by atoms with Gasteiger partial charge in [0, 0.05) is 35.5 Å². The molecule has 41 heavy (non-hydrogen) atoms. The lowest BCUT2D eigenvalue weighted by Gasteiger charge is -2.28. The average Bonchev–Trinajstić information content (AvgIpc) is 3.79. The summed E-state index contributed by atoms with van der Waals surface area (Å²) in [7, 11) is -3.24. The van der Waals surface area contributed by atoms with Gasteiger partial charge in [0.1, 0.15) is 6.73 Å². The van der Waals surface area contributed by atoms with Gasteiger partial charge in [0.05, 0.1) is 28.1 Å². The summed E-state index contributed by atoms with van der Waals surface area (Å²) in [5.74, 6) is 0.590. The highest BCUT2D eigenvalue weighted by Crippen LogP contribution is 2.39. The fourth-order valence-electron chi connectivity index (χ4n) is 5.72. The summed E-state index contributed by atoms with van der Waals surface area (Å²) in [5.41, 5.74) is 5.24. The summed E-state index contributed by atoms with van der Waals surface area (Å²) >= 11 is 3.50. The zero-order valence-corrected chi connectivity index (χ0v) is 25.4. The van der Waals surface area contributed by atoms with Crippen molar-refractivity contribution in [2.45, 2.75) is 61.5 Å². The summed E-state index contributed by atoms with van der Waals surface area (Å²) in [5, 5.41) is -0.216. The molecule has 0 radical (unpaired) electrons. The predicted octanol–water partition coefficient (Wildman–Crippen LogP) is 7.37. The van der Waals surface area contributed by atoms with E-state index in [-0.39, 0.29) is 11.2 Å². The maximum absolute atomic E-state index is 12.9. The van der Waals surface area contributed by atoms with Crippen LogP contribution in [0, 0.1) is 5.92 Å². The molecule has 2 aromatic heterocycles. The van der Waals surface area contributed by atoms with E-state index >= 15 is 0 Å². The lowest BCUT2D eigenvalue weighted by atomic mass is 9.83. The van der Waals surface area contributed by atoms with Gasteiger partial charge in [-0.3, -0.25) is 4.98 Å². The van der Waals surface area contributed by atoms with E-state index in [2.05, 4.69) is 44.8 Å². The maximum atomic E-state index is 12.9. The molecule has 0 bridgehead atoms. The first-order valence-electron chi connectivity index (χ1n) is 14.3. The molecule has 1 unspecified atom stereocenters. The van der Waals surface area contributed by atoms with E-state index in [1.165, 1.54) is 0 Å². The lowest BCUT2D eigenvalue weighted by Crippen LogP contribution is -2.20. The Balaban J connectivity index is 1.36. The normalized spacial score (nSPS) is 17.0. The van der Waals surface area contributed by atoms with E-state index in [4.69, 9.17) is 14.5 Å². The third-order valence-electron chi connectivity index (χ3n) is 8.18. The van der Waals surface area contributed by atoms with Crippen molar-refractivity contribution in [3.63, 3.8) is 0 Å². The second kappa shape index (κ2) is 12.6. The van der Waals surface area contributed by atoms with Crippen molar-refractivity contribution < 1.29 is 17.9 Å². The van der Waals surface area contributed by atoms with Crippen LogP contribution in [0.1, 0.15) is 54.8 Å². The Kier molecular flexibility index (Phi) is 8.72. The standard InChI is InChI=1S/C33H35BrN2O4S/c34-27-8-13-31(35-21-27)33-15-14-32(36(33)23-40-22-25-4-2-1-3-5-25)30(20-24-16-18-39-19-17-24)26-6-9-28(10-7-26)41(37,38)29-11-12-29/h1-10,13-15,21,24,29-30H,11-12,16-20,22-23H2. The van der Waals surface area contributed by atoms with Crippen LogP contribution in [0.5, 0.6) is 0 Å². The van der Waals surface area contributed by atoms with Crippen molar-refractivity contribution >= 4 is 25.8 Å². The number of rotatable bonds is 11. The Hall–Kier alpha value is -2.78. The number of benzene rings is 2. The lowest BCUT2D eigenvalue weighted by molar-refractivity contribution is 0.0579. The highest BCUT2D eigenvalue weighted by molar-refractivity contribution is 9.10. The van der Waals surface area contributed by atoms with Gasteiger partial charge in [-0.25, -0.2) is 8.42 Å². The number of hydrogen-bond donors (Lipinski definition) is 0. The molecule has 4 aromatic rings. The van der Waals surface area contributed by atoms with Crippen molar-refractivity contribution in [2.24, 2.45) is 5.92 Å². The van der Waals surface area contributed by atoms with Crippen molar-refractivity contribution in [3.05, 3.63) is 106 Å². The Morgan fingerprint density at radius 1 is 0.927 bits per heavy atom. The van der Waals surface area contributed by atoms with E-state index in [9.17, 15) is 8.42 Å². The molecule has 1 aliphatic carbocycles. The second-order valence-corrected chi connectivity index (χ2v) is 14.2. The topological polar surface area (TPSA) is 70.4 Å². The summed E-state index contributed by atoms with van der Waals surface area (Å²) in [6.45, 7) is 2.45. The number of hydrogen-bond acceptors (Lipinski definition) is 5. The minimum absolute atomic E-state index is 0.0697. The molecule has 1 saturated heterocycles. The van der Waals surface area contributed by atoms with Crippen LogP contribution in [-0.2, 0) is 32.6 Å². The molecule has 1 atom stereocenters. The van der Waals surface area contributed by atoms with Gasteiger partial charge in [0.25, 0.3) is 0 Å². The highest BCUT2D eigenvalue weighted by atomic mass is 79.9. The largest absolute Gasteiger partial charge is 0.381 e. The second-order valence-electron chi connectivity index (χ2n) is 11.1. The minimum atomic E-state index is -3.24. The Morgan fingerprint density at radius 2 is 1.68 bits per heavy atom. The number of sulfone groups is 1. The van der Waals surface area contributed by atoms with E-state index in [0.29, 0.717) is 24.2 Å². The number of pyridine rings is 1. The van der Waals surface area contributed by atoms with Crippen LogP contribution in [0.15, 0.2) is 94.4 Å². The number of nitrogens with zero attached hydrogens (tertiary/aromatic N) is 2. The van der Waals surface area contributed by atoms with Crippen LogP contribution >= 0.6 is 15.9 Å². The van der Waals surface area contributed by atoms with Gasteiger partial charge in [0.2, 0.25) is 0 Å². The summed E-state index contributed by atoms with van der Waals surface area (Å²) in [6.07, 6.45) is 6.34. The van der Waals surface area contributed by atoms with Crippen LogP contribution < -0.4 is 0 Å². The van der Waals surface area contributed by atoms with Gasteiger partial charge in [-0.1, -0.05) is 42.5 Å². The van der Waals surface area contributed by atoms with Gasteiger partial charge < -0.3 is 14.0 Å². The summed E-state index contributed by atoms with van der Waals surface area (Å²) < 4.78 is 40.9. The van der Waals surface area contributed by atoms with E-state index in [1.54, 1.807) is 12.1 Å². The van der Waals surface area contributed by atoms with Crippen molar-refractivity contribution in [1.82, 2.24) is 9.55 Å². The molecule has 2 fully saturated rings. The van der Waals surface area contributed by atoms with E-state index < -0.39 is 9.84 Å². The van der Waals surface area contributed by atoms with Crippen LogP contribution in [0.3, 0.4) is 0 Å². The predicted molar refractivity (Wildman–Crippen MR) is 163 cm³/mol. The van der Waals surface area contributed by atoms with Crippen molar-refractivity contribution in [1.29, 1.82) is 0 Å². The molecule has 1 saturated carbocycles. The number of halogens is 1. The zero-order valence-electron chi connectivity index (χ0n) is 23.0. The maximum Gasteiger partial charge on any atom is 0.181 e. The molecule has 0 N–H and O–H groups in total. The molecule has 2 aliphatic rings. The third kappa shape index (κ3) is 6.67. The molecular formula is C33H35BrN2O4S. The van der Waals surface area contributed by atoms with E-state index in [1.807, 2.05) is 48.7 Å². The Bertz CT molecular complexity index is 1540. The highest BCUT2D eigenvalue weighted by Gasteiger charge is 2.37. The van der Waals surface area contributed by atoms with Gasteiger partial charge in [0.15, 0.2) is 9.84 Å². The molecule has 6 rings (SSSR count). The molecule has 6 nitrogen and oxygen atoms in total. The SMILES string of the molecule is O=S(=O)(c1ccc(C(CC2CCOCC2)c2ccc(-c3ccc(Br)cn3)n2COCc2ccccc2)cc1)C1CC1. The first-order valence-corrected chi connectivity index (χ1v) is 16.7. The Labute approximate surface area is 250 Å². The first-order chi connectivity index (χ1) is 20.0. The molecule has 214 valence electrons.